The highest BCUT2D eigenvalue weighted by Crippen LogP contribution is 1.89. The highest BCUT2D eigenvalue weighted by molar-refractivity contribution is 5.92. The lowest BCUT2D eigenvalue weighted by atomic mass is 10.3. The summed E-state index contributed by atoms with van der Waals surface area (Å²) in [4.78, 5) is 28.0. The van der Waals surface area contributed by atoms with Crippen LogP contribution in [0.1, 0.15) is 17.4 Å². The van der Waals surface area contributed by atoms with E-state index >= 15 is 0 Å². The number of rotatable bonds is 2. The first-order chi connectivity index (χ1) is 6.63. The van der Waals surface area contributed by atoms with Crippen LogP contribution in [0.25, 0.3) is 0 Å². The Morgan fingerprint density at radius 3 is 3.00 bits per heavy atom. The molecule has 0 aliphatic carbocycles. The van der Waals surface area contributed by atoms with Crippen LogP contribution in [-0.2, 0) is 0 Å². The van der Waals surface area contributed by atoms with E-state index in [1.165, 1.54) is 6.20 Å². The minimum atomic E-state index is -0.410. The van der Waals surface area contributed by atoms with E-state index in [0.717, 1.165) is 6.20 Å². The van der Waals surface area contributed by atoms with E-state index in [1.54, 1.807) is 6.92 Å². The Bertz CT molecular complexity index is 410. The van der Waals surface area contributed by atoms with Gasteiger partial charge in [0.25, 0.3) is 11.5 Å². The molecule has 1 atom stereocenters. The van der Waals surface area contributed by atoms with Gasteiger partial charge in [0.05, 0.1) is 12.2 Å². The molecule has 1 unspecified atom stereocenters. The van der Waals surface area contributed by atoms with Gasteiger partial charge >= 0.3 is 0 Å². The first-order valence-corrected chi connectivity index (χ1v) is 3.95. The Hall–Kier alpha value is -2.09. The third-order valence-corrected chi connectivity index (χ3v) is 1.50. The fourth-order valence-electron chi connectivity index (χ4n) is 0.779. The van der Waals surface area contributed by atoms with E-state index in [2.05, 4.69) is 21.2 Å². The maximum absolute atomic E-state index is 11.3. The summed E-state index contributed by atoms with van der Waals surface area (Å²) in [5.41, 5.74) is -0.224. The number of aromatic nitrogens is 2. The van der Waals surface area contributed by atoms with Gasteiger partial charge in [-0.15, -0.1) is 6.42 Å². The molecule has 0 spiro atoms. The van der Waals surface area contributed by atoms with Gasteiger partial charge in [0, 0.05) is 6.20 Å². The van der Waals surface area contributed by atoms with Crippen molar-refractivity contribution < 1.29 is 4.79 Å². The quantitative estimate of drug-likeness (QED) is 0.620. The van der Waals surface area contributed by atoms with Crippen LogP contribution in [0, 0.1) is 12.3 Å². The number of aromatic amines is 1. The standard InChI is InChI=1S/C9H9N3O2/c1-3-6(2)12-9(14)7-4-11-8(13)5-10-7/h1,4-6H,2H3,(H,11,13)(H,12,14). The Kier molecular flexibility index (Phi) is 3.02. The Balaban J connectivity index is 2.76. The Morgan fingerprint density at radius 1 is 1.79 bits per heavy atom. The highest BCUT2D eigenvalue weighted by atomic mass is 16.2. The van der Waals surface area contributed by atoms with Crippen LogP contribution >= 0.6 is 0 Å². The van der Waals surface area contributed by atoms with Crippen LogP contribution < -0.4 is 10.9 Å². The number of amides is 1. The van der Waals surface area contributed by atoms with E-state index < -0.39 is 5.91 Å². The van der Waals surface area contributed by atoms with Crippen molar-refractivity contribution in [2.24, 2.45) is 0 Å². The average molecular weight is 191 g/mol. The third-order valence-electron chi connectivity index (χ3n) is 1.50. The van der Waals surface area contributed by atoms with Crippen molar-refractivity contribution in [3.05, 3.63) is 28.4 Å². The first-order valence-electron chi connectivity index (χ1n) is 3.95. The molecule has 1 aromatic rings. The second-order valence-electron chi connectivity index (χ2n) is 2.66. The zero-order chi connectivity index (χ0) is 10.6. The molecule has 0 fully saturated rings. The summed E-state index contributed by atoms with van der Waals surface area (Å²) in [7, 11) is 0. The molecule has 0 radical (unpaired) electrons. The molecule has 72 valence electrons. The topological polar surface area (TPSA) is 74.8 Å². The molecule has 2 N–H and O–H groups in total. The van der Waals surface area contributed by atoms with E-state index in [4.69, 9.17) is 6.42 Å². The van der Waals surface area contributed by atoms with Crippen LogP contribution in [0.3, 0.4) is 0 Å². The maximum Gasteiger partial charge on any atom is 0.272 e. The van der Waals surface area contributed by atoms with Gasteiger partial charge in [-0.05, 0) is 6.92 Å². The number of nitrogens with zero attached hydrogens (tertiary/aromatic N) is 1. The van der Waals surface area contributed by atoms with Crippen molar-refractivity contribution in [1.82, 2.24) is 15.3 Å². The monoisotopic (exact) mass is 191 g/mol. The second kappa shape index (κ2) is 4.23. The summed E-state index contributed by atoms with van der Waals surface area (Å²) in [6.07, 6.45) is 7.35. The molecule has 5 heteroatoms. The lowest BCUT2D eigenvalue weighted by Crippen LogP contribution is -2.32. The molecule has 0 bridgehead atoms. The molecule has 1 amide bonds. The predicted octanol–water partition coefficient (Wildman–Crippen LogP) is -0.479. The number of nitrogens with one attached hydrogen (secondary N) is 2. The van der Waals surface area contributed by atoms with Crippen LogP contribution in [0.4, 0.5) is 0 Å². The predicted molar refractivity (Wildman–Crippen MR) is 50.6 cm³/mol. The number of carbonyl (C=O) groups excluding carboxylic acids is 1. The molecule has 0 saturated carbocycles. The van der Waals surface area contributed by atoms with Crippen LogP contribution in [0.5, 0.6) is 0 Å². The summed E-state index contributed by atoms with van der Waals surface area (Å²) in [6.45, 7) is 1.67. The summed E-state index contributed by atoms with van der Waals surface area (Å²) in [5.74, 6) is 1.93. The van der Waals surface area contributed by atoms with Crippen molar-refractivity contribution in [2.75, 3.05) is 0 Å². The van der Waals surface area contributed by atoms with Crippen LogP contribution in [-0.4, -0.2) is 21.9 Å². The van der Waals surface area contributed by atoms with Crippen molar-refractivity contribution in [3.8, 4) is 12.3 Å². The van der Waals surface area contributed by atoms with Crippen molar-refractivity contribution in [1.29, 1.82) is 0 Å². The van der Waals surface area contributed by atoms with E-state index in [-0.39, 0.29) is 17.3 Å². The SMILES string of the molecule is C#CC(C)NC(=O)c1c[nH]c(=O)cn1. The van der Waals surface area contributed by atoms with Gasteiger partial charge in [-0.25, -0.2) is 4.98 Å². The molecule has 0 aliphatic rings. The average Bonchev–Trinajstić information content (AvgIpc) is 2.18. The van der Waals surface area contributed by atoms with Gasteiger partial charge in [-0.3, -0.25) is 9.59 Å². The van der Waals surface area contributed by atoms with E-state index in [0.29, 0.717) is 0 Å². The van der Waals surface area contributed by atoms with E-state index in [1.807, 2.05) is 0 Å². The second-order valence-corrected chi connectivity index (χ2v) is 2.66. The van der Waals surface area contributed by atoms with Gasteiger partial charge in [-0.1, -0.05) is 5.92 Å². The van der Waals surface area contributed by atoms with Gasteiger partial charge < -0.3 is 10.3 Å². The van der Waals surface area contributed by atoms with Gasteiger partial charge in [0.2, 0.25) is 0 Å². The smallest absolute Gasteiger partial charge is 0.272 e. The van der Waals surface area contributed by atoms with Gasteiger partial charge in [0.15, 0.2) is 0 Å². The number of hydrogen-bond donors (Lipinski definition) is 2. The zero-order valence-electron chi connectivity index (χ0n) is 7.57. The molecule has 1 heterocycles. The molecule has 1 rings (SSSR count). The molecule has 0 aliphatic heterocycles. The molecular weight excluding hydrogens is 182 g/mol. The first kappa shape index (κ1) is 9.99. The largest absolute Gasteiger partial charge is 0.337 e. The maximum atomic E-state index is 11.3. The Morgan fingerprint density at radius 2 is 2.50 bits per heavy atom. The van der Waals surface area contributed by atoms with Gasteiger partial charge in [-0.2, -0.15) is 0 Å². The minimum absolute atomic E-state index is 0.131. The van der Waals surface area contributed by atoms with Crippen LogP contribution in [0.15, 0.2) is 17.2 Å². The van der Waals surface area contributed by atoms with E-state index in [9.17, 15) is 9.59 Å². The normalized spacial score (nSPS) is 11.4. The molecular formula is C9H9N3O2. The molecule has 0 aromatic carbocycles. The minimum Gasteiger partial charge on any atom is -0.337 e. The molecule has 1 aromatic heterocycles. The number of terminal acetylenes is 1. The summed E-state index contributed by atoms with van der Waals surface area (Å²) < 4.78 is 0. The fourth-order valence-corrected chi connectivity index (χ4v) is 0.779. The summed E-state index contributed by atoms with van der Waals surface area (Å²) >= 11 is 0. The molecule has 5 nitrogen and oxygen atoms in total. The zero-order valence-corrected chi connectivity index (χ0v) is 7.57. The molecule has 14 heavy (non-hydrogen) atoms. The van der Waals surface area contributed by atoms with Crippen molar-refractivity contribution >= 4 is 5.91 Å². The van der Waals surface area contributed by atoms with Crippen molar-refractivity contribution in [3.63, 3.8) is 0 Å². The Labute approximate surface area is 80.6 Å². The lowest BCUT2D eigenvalue weighted by molar-refractivity contribution is 0.0942. The summed E-state index contributed by atoms with van der Waals surface area (Å²) in [6, 6.07) is -0.365. The summed E-state index contributed by atoms with van der Waals surface area (Å²) in [5, 5.41) is 2.51. The third kappa shape index (κ3) is 2.45. The molecule has 0 saturated heterocycles. The number of hydrogen-bond acceptors (Lipinski definition) is 3. The number of H-pyrrole nitrogens is 1. The number of carbonyl (C=O) groups is 1. The van der Waals surface area contributed by atoms with Crippen LogP contribution in [0.2, 0.25) is 0 Å². The van der Waals surface area contributed by atoms with Crippen molar-refractivity contribution in [2.45, 2.75) is 13.0 Å². The van der Waals surface area contributed by atoms with Gasteiger partial charge in [0.1, 0.15) is 5.69 Å². The fraction of sp³-hybridized carbons (Fsp3) is 0.222. The lowest BCUT2D eigenvalue weighted by Gasteiger charge is -2.05. The highest BCUT2D eigenvalue weighted by Gasteiger charge is 2.08.